The second-order valence-corrected chi connectivity index (χ2v) is 12.0. The van der Waals surface area contributed by atoms with E-state index in [9.17, 15) is 14.4 Å². The Morgan fingerprint density at radius 2 is 1.57 bits per heavy atom. The van der Waals surface area contributed by atoms with Gasteiger partial charge in [-0.1, -0.05) is 12.1 Å². The quantitative estimate of drug-likeness (QED) is 0.516. The molecule has 1 aromatic heterocycles. The molecule has 3 fully saturated rings. The number of urea groups is 1. The first-order chi connectivity index (χ1) is 19.1. The van der Waals surface area contributed by atoms with Crippen molar-refractivity contribution in [2.45, 2.75) is 82.6 Å². The lowest BCUT2D eigenvalue weighted by atomic mass is 9.86. The summed E-state index contributed by atoms with van der Waals surface area (Å²) in [5.74, 6) is 0.124. The van der Waals surface area contributed by atoms with E-state index in [1.54, 1.807) is 31.0 Å². The molecule has 0 bridgehead atoms. The van der Waals surface area contributed by atoms with Crippen LogP contribution >= 0.6 is 0 Å². The van der Waals surface area contributed by atoms with Crippen molar-refractivity contribution in [1.82, 2.24) is 24.3 Å². The van der Waals surface area contributed by atoms with Crippen molar-refractivity contribution in [1.29, 1.82) is 0 Å². The molecule has 0 spiro atoms. The summed E-state index contributed by atoms with van der Waals surface area (Å²) in [5, 5.41) is 2.82. The lowest BCUT2D eigenvalue weighted by Gasteiger charge is -2.50. The average molecular weight is 551 g/mol. The van der Waals surface area contributed by atoms with Gasteiger partial charge in [-0.05, 0) is 89.2 Å². The molecule has 3 amide bonds. The zero-order valence-corrected chi connectivity index (χ0v) is 23.6. The van der Waals surface area contributed by atoms with Gasteiger partial charge in [-0.25, -0.2) is 9.59 Å². The molecule has 0 radical (unpaired) electrons. The minimum absolute atomic E-state index is 0.0556. The summed E-state index contributed by atoms with van der Waals surface area (Å²) in [6.07, 6.45) is 6.94. The fourth-order valence-corrected chi connectivity index (χ4v) is 6.24. The molecule has 3 aliphatic heterocycles. The number of likely N-dealkylation sites (tertiary alicyclic amines) is 3. The number of carbonyl (C=O) groups excluding carboxylic acids is 2. The Hall–Kier alpha value is -3.28. The molecule has 5 N–H and O–H groups in total. The van der Waals surface area contributed by atoms with Crippen LogP contribution < -0.4 is 22.5 Å². The highest BCUT2D eigenvalue weighted by Crippen LogP contribution is 2.31. The van der Waals surface area contributed by atoms with E-state index in [1.807, 2.05) is 29.2 Å². The lowest BCUT2D eigenvalue weighted by molar-refractivity contribution is -0.142. The molecule has 2 atom stereocenters. The van der Waals surface area contributed by atoms with Crippen LogP contribution in [0.2, 0.25) is 0 Å². The van der Waals surface area contributed by atoms with E-state index in [0.29, 0.717) is 24.8 Å². The van der Waals surface area contributed by atoms with Crippen molar-refractivity contribution < 1.29 is 9.59 Å². The van der Waals surface area contributed by atoms with Crippen molar-refractivity contribution in [2.24, 2.45) is 11.5 Å². The van der Waals surface area contributed by atoms with Crippen molar-refractivity contribution in [3.63, 3.8) is 0 Å². The number of nitrogens with two attached hydrogens (primary N) is 2. The second-order valence-electron chi connectivity index (χ2n) is 12.0. The Labute approximate surface area is 235 Å². The topological polar surface area (TPSA) is 143 Å². The fraction of sp³-hybridized carbons (Fsp3) is 0.586. The van der Waals surface area contributed by atoms with Crippen LogP contribution in [0.4, 0.5) is 10.6 Å². The highest BCUT2D eigenvalue weighted by Gasteiger charge is 2.43. The third kappa shape index (κ3) is 6.21. The Balaban J connectivity index is 1.23. The van der Waals surface area contributed by atoms with Gasteiger partial charge in [0.1, 0.15) is 5.82 Å². The normalized spacial score (nSPS) is 22.6. The number of anilines is 1. The van der Waals surface area contributed by atoms with Crippen molar-refractivity contribution in [2.75, 3.05) is 31.5 Å². The predicted octanol–water partition coefficient (Wildman–Crippen LogP) is 1.88. The molecule has 0 aliphatic carbocycles. The standard InChI is InChI=1S/C29H42N8O3/c1-29(2,31)26(38)36-14-3-6-24-23(36)5-4-15-37(24)28(40)33-25-13-18-35(27(39)32-25)22-9-7-20(8-10-22)19-34-16-11-21(30)12-17-34/h7-10,13,18,21,23-24H,3-6,11-12,14-17,19,30-31H2,1-2H3,(H,32,33,39,40). The first-order valence-corrected chi connectivity index (χ1v) is 14.4. The molecular formula is C29H42N8O3. The maximum absolute atomic E-state index is 13.3. The van der Waals surface area contributed by atoms with Crippen LogP contribution in [-0.4, -0.2) is 86.0 Å². The SMILES string of the molecule is CC(C)(N)C(=O)N1CCCC2C1CCCN2C(=O)Nc1ccn(-c2ccc(CN3CCC(N)CC3)cc2)c(=O)n1. The van der Waals surface area contributed by atoms with Gasteiger partial charge >= 0.3 is 11.7 Å². The average Bonchev–Trinajstić information content (AvgIpc) is 2.93. The number of benzene rings is 1. The highest BCUT2D eigenvalue weighted by molar-refractivity contribution is 5.89. The molecule has 0 saturated carbocycles. The number of piperidine rings is 3. The number of carbonyl (C=O) groups is 2. The van der Waals surface area contributed by atoms with Gasteiger partial charge in [0.15, 0.2) is 0 Å². The number of nitrogens with one attached hydrogen (secondary N) is 1. The summed E-state index contributed by atoms with van der Waals surface area (Å²) in [4.78, 5) is 49.4. The van der Waals surface area contributed by atoms with Gasteiger partial charge in [0, 0.05) is 31.9 Å². The number of fused-ring (bicyclic) bond motifs is 1. The smallest absolute Gasteiger partial charge is 0.336 e. The first kappa shape index (κ1) is 28.3. The van der Waals surface area contributed by atoms with Gasteiger partial charge in [0.05, 0.1) is 23.3 Å². The fourth-order valence-electron chi connectivity index (χ4n) is 6.24. The number of hydrogen-bond acceptors (Lipinski definition) is 7. The minimum Gasteiger partial charge on any atom is -0.336 e. The minimum atomic E-state index is -0.956. The van der Waals surface area contributed by atoms with E-state index in [1.165, 1.54) is 10.1 Å². The van der Waals surface area contributed by atoms with Gasteiger partial charge in [-0.15, -0.1) is 0 Å². The summed E-state index contributed by atoms with van der Waals surface area (Å²) >= 11 is 0. The van der Waals surface area contributed by atoms with E-state index < -0.39 is 11.2 Å². The monoisotopic (exact) mass is 550 g/mol. The van der Waals surface area contributed by atoms with E-state index in [4.69, 9.17) is 11.5 Å². The molecule has 2 unspecified atom stereocenters. The zero-order chi connectivity index (χ0) is 28.4. The third-order valence-corrected chi connectivity index (χ3v) is 8.41. The molecule has 2 aromatic rings. The van der Waals surface area contributed by atoms with Crippen LogP contribution in [-0.2, 0) is 11.3 Å². The predicted molar refractivity (Wildman–Crippen MR) is 154 cm³/mol. The van der Waals surface area contributed by atoms with Crippen LogP contribution in [0.3, 0.4) is 0 Å². The number of nitrogens with zero attached hydrogens (tertiary/aromatic N) is 5. The van der Waals surface area contributed by atoms with Crippen LogP contribution in [0.15, 0.2) is 41.3 Å². The van der Waals surface area contributed by atoms with Gasteiger partial charge in [0.2, 0.25) is 5.91 Å². The Kier molecular flexibility index (Phi) is 8.25. The van der Waals surface area contributed by atoms with Gasteiger partial charge in [-0.3, -0.25) is 19.6 Å². The molecule has 3 aliphatic rings. The molecule has 3 saturated heterocycles. The number of rotatable bonds is 5. The molecule has 216 valence electrons. The molecule has 11 heteroatoms. The lowest BCUT2D eigenvalue weighted by Crippen LogP contribution is -2.65. The molecule has 11 nitrogen and oxygen atoms in total. The van der Waals surface area contributed by atoms with Gasteiger partial charge < -0.3 is 21.3 Å². The van der Waals surface area contributed by atoms with Crippen LogP contribution in [0, 0.1) is 0 Å². The Bertz CT molecular complexity index is 1260. The van der Waals surface area contributed by atoms with Gasteiger partial charge in [0.25, 0.3) is 0 Å². The van der Waals surface area contributed by atoms with E-state index in [2.05, 4.69) is 15.2 Å². The summed E-state index contributed by atoms with van der Waals surface area (Å²) < 4.78 is 1.47. The van der Waals surface area contributed by atoms with Crippen LogP contribution in [0.1, 0.15) is 57.9 Å². The van der Waals surface area contributed by atoms with Gasteiger partial charge in [-0.2, -0.15) is 4.98 Å². The maximum Gasteiger partial charge on any atom is 0.354 e. The summed E-state index contributed by atoms with van der Waals surface area (Å²) in [5.41, 5.74) is 12.6. The molecule has 4 heterocycles. The van der Waals surface area contributed by atoms with Crippen molar-refractivity contribution >= 4 is 17.8 Å². The van der Waals surface area contributed by atoms with E-state index in [-0.39, 0.29) is 29.8 Å². The molecule has 1 aromatic carbocycles. The summed E-state index contributed by atoms with van der Waals surface area (Å²) in [7, 11) is 0. The number of hydrogen-bond donors (Lipinski definition) is 3. The van der Waals surface area contributed by atoms with Crippen molar-refractivity contribution in [3.05, 3.63) is 52.6 Å². The van der Waals surface area contributed by atoms with Crippen molar-refractivity contribution in [3.8, 4) is 5.69 Å². The first-order valence-electron chi connectivity index (χ1n) is 14.4. The third-order valence-electron chi connectivity index (χ3n) is 8.41. The number of amides is 3. The Morgan fingerprint density at radius 3 is 2.20 bits per heavy atom. The van der Waals surface area contributed by atoms with E-state index in [0.717, 1.165) is 58.2 Å². The summed E-state index contributed by atoms with van der Waals surface area (Å²) in [6, 6.07) is 9.39. The Morgan fingerprint density at radius 1 is 0.950 bits per heavy atom. The van der Waals surface area contributed by atoms with E-state index >= 15 is 0 Å². The maximum atomic E-state index is 13.3. The summed E-state index contributed by atoms with van der Waals surface area (Å²) in [6.45, 7) is 7.56. The largest absolute Gasteiger partial charge is 0.354 e. The zero-order valence-electron chi connectivity index (χ0n) is 23.6. The number of aromatic nitrogens is 2. The van der Waals surface area contributed by atoms with Crippen LogP contribution in [0.5, 0.6) is 0 Å². The highest BCUT2D eigenvalue weighted by atomic mass is 16.2. The molecule has 40 heavy (non-hydrogen) atoms. The second kappa shape index (κ2) is 11.7. The molecular weight excluding hydrogens is 508 g/mol. The molecule has 5 rings (SSSR count). The van der Waals surface area contributed by atoms with Crippen LogP contribution in [0.25, 0.3) is 5.69 Å².